The summed E-state index contributed by atoms with van der Waals surface area (Å²) >= 11 is 0. The zero-order valence-corrected chi connectivity index (χ0v) is 17.4. The van der Waals surface area contributed by atoms with Crippen molar-refractivity contribution in [2.24, 2.45) is 0 Å². The highest BCUT2D eigenvalue weighted by atomic mass is 32.2. The normalized spacial score (nSPS) is 13.1. The lowest BCUT2D eigenvalue weighted by molar-refractivity contribution is 0.0749. The number of nitrogens with zero attached hydrogens (tertiary/aromatic N) is 1. The largest absolute Gasteiger partial charge is 0.495 e. The summed E-state index contributed by atoms with van der Waals surface area (Å²) in [6.07, 6.45) is 0. The smallest absolute Gasteiger partial charge is 0.254 e. The van der Waals surface area contributed by atoms with Crippen molar-refractivity contribution in [2.45, 2.75) is 18.4 Å². The maximum Gasteiger partial charge on any atom is 0.254 e. The molecular weight excluding hydrogens is 396 g/mol. The molecule has 1 aliphatic heterocycles. The van der Waals surface area contributed by atoms with Gasteiger partial charge in [0.05, 0.1) is 7.11 Å². The average Bonchev–Trinajstić information content (AvgIpc) is 2.76. The highest BCUT2D eigenvalue weighted by Gasteiger charge is 2.24. The highest BCUT2D eigenvalue weighted by Crippen LogP contribution is 2.34. The molecule has 0 aromatic heterocycles. The summed E-state index contributed by atoms with van der Waals surface area (Å²) in [4.78, 5) is 14.6. The molecule has 0 spiro atoms. The number of hydrogen-bond acceptors (Lipinski definition) is 6. The summed E-state index contributed by atoms with van der Waals surface area (Å²) < 4.78 is 43.3. The van der Waals surface area contributed by atoms with Crippen molar-refractivity contribution in [3.63, 3.8) is 0 Å². The van der Waals surface area contributed by atoms with Gasteiger partial charge in [0.15, 0.2) is 11.5 Å². The first kappa shape index (κ1) is 20.9. The Kier molecular flexibility index (Phi) is 6.29. The minimum atomic E-state index is -3.78. The van der Waals surface area contributed by atoms with Gasteiger partial charge in [0.1, 0.15) is 23.9 Å². The Morgan fingerprint density at radius 2 is 1.97 bits per heavy atom. The second kappa shape index (κ2) is 8.71. The van der Waals surface area contributed by atoms with E-state index >= 15 is 0 Å². The lowest BCUT2D eigenvalue weighted by Gasteiger charge is -2.25. The molecule has 2 aromatic carbocycles. The van der Waals surface area contributed by atoms with Crippen molar-refractivity contribution in [3.8, 4) is 17.2 Å². The first-order valence-electron chi connectivity index (χ1n) is 9.19. The van der Waals surface area contributed by atoms with E-state index in [0.717, 1.165) is 5.56 Å². The molecule has 3 rings (SSSR count). The summed E-state index contributed by atoms with van der Waals surface area (Å²) in [7, 11) is -1.10. The number of ether oxygens (including phenoxy) is 3. The van der Waals surface area contributed by atoms with Crippen molar-refractivity contribution in [1.82, 2.24) is 9.62 Å². The van der Waals surface area contributed by atoms with Crippen LogP contribution in [0.5, 0.6) is 17.2 Å². The van der Waals surface area contributed by atoms with E-state index in [0.29, 0.717) is 37.8 Å². The van der Waals surface area contributed by atoms with E-state index < -0.39 is 10.0 Å². The van der Waals surface area contributed by atoms with Gasteiger partial charge in [-0.1, -0.05) is 12.1 Å². The molecule has 2 aromatic rings. The zero-order chi connectivity index (χ0) is 21.0. The molecule has 0 aliphatic carbocycles. The minimum Gasteiger partial charge on any atom is -0.495 e. The summed E-state index contributed by atoms with van der Waals surface area (Å²) in [5.74, 6) is 1.17. The number of benzene rings is 2. The number of carbonyl (C=O) groups is 1. The number of para-hydroxylation sites is 1. The van der Waals surface area contributed by atoms with Gasteiger partial charge in [-0.05, 0) is 38.2 Å². The van der Waals surface area contributed by atoms with Crippen molar-refractivity contribution in [3.05, 3.63) is 47.5 Å². The van der Waals surface area contributed by atoms with Crippen molar-refractivity contribution in [1.29, 1.82) is 0 Å². The van der Waals surface area contributed by atoms with Crippen LogP contribution >= 0.6 is 0 Å². The van der Waals surface area contributed by atoms with Gasteiger partial charge in [0.25, 0.3) is 5.91 Å². The molecule has 1 aliphatic rings. The van der Waals surface area contributed by atoms with E-state index in [1.165, 1.54) is 26.3 Å². The molecule has 29 heavy (non-hydrogen) atoms. The minimum absolute atomic E-state index is 0.0850. The van der Waals surface area contributed by atoms with E-state index in [4.69, 9.17) is 14.2 Å². The van der Waals surface area contributed by atoms with Crippen LogP contribution in [0.25, 0.3) is 0 Å². The molecule has 0 saturated carbocycles. The van der Waals surface area contributed by atoms with E-state index in [1.54, 1.807) is 11.0 Å². The molecule has 1 amide bonds. The van der Waals surface area contributed by atoms with Crippen LogP contribution in [-0.2, 0) is 16.6 Å². The third-order valence-electron chi connectivity index (χ3n) is 4.65. The van der Waals surface area contributed by atoms with Crippen LogP contribution in [0.1, 0.15) is 22.8 Å². The highest BCUT2D eigenvalue weighted by molar-refractivity contribution is 7.89. The Hall–Kier alpha value is -2.78. The van der Waals surface area contributed by atoms with E-state index in [2.05, 4.69) is 4.72 Å². The van der Waals surface area contributed by atoms with Crippen molar-refractivity contribution < 1.29 is 27.4 Å². The van der Waals surface area contributed by atoms with Crippen molar-refractivity contribution in [2.75, 3.05) is 33.9 Å². The molecule has 0 bridgehead atoms. The molecule has 1 N–H and O–H groups in total. The maximum absolute atomic E-state index is 13.1. The summed E-state index contributed by atoms with van der Waals surface area (Å²) in [6.45, 7) is 3.54. The fourth-order valence-electron chi connectivity index (χ4n) is 3.10. The van der Waals surface area contributed by atoms with Crippen LogP contribution in [0.4, 0.5) is 0 Å². The molecule has 1 heterocycles. The third-order valence-corrected chi connectivity index (χ3v) is 6.08. The molecule has 0 atom stereocenters. The summed E-state index contributed by atoms with van der Waals surface area (Å²) in [5.41, 5.74) is 1.08. The number of hydrogen-bond donors (Lipinski definition) is 1. The Morgan fingerprint density at radius 3 is 2.66 bits per heavy atom. The molecular formula is C20H24N2O6S. The number of carbonyl (C=O) groups excluding carboxylic acids is 1. The zero-order valence-electron chi connectivity index (χ0n) is 16.6. The Balaban J connectivity index is 1.92. The van der Waals surface area contributed by atoms with Crippen LogP contribution < -0.4 is 18.9 Å². The van der Waals surface area contributed by atoms with Gasteiger partial charge in [-0.3, -0.25) is 4.79 Å². The lowest BCUT2D eigenvalue weighted by atomic mass is 10.1. The number of rotatable bonds is 7. The van der Waals surface area contributed by atoms with E-state index in [-0.39, 0.29) is 22.1 Å². The second-order valence-electron chi connectivity index (χ2n) is 6.33. The predicted molar refractivity (Wildman–Crippen MR) is 107 cm³/mol. The van der Waals surface area contributed by atoms with Crippen LogP contribution in [0.2, 0.25) is 0 Å². The molecule has 156 valence electrons. The van der Waals surface area contributed by atoms with Gasteiger partial charge in [0, 0.05) is 24.2 Å². The van der Waals surface area contributed by atoms with E-state index in [1.807, 2.05) is 25.1 Å². The SMILES string of the molecule is CCN(Cc1cccc2c1OCCO2)C(=O)c1ccc(OC)c(S(=O)(=O)NC)c1. The molecule has 0 saturated heterocycles. The number of fused-ring (bicyclic) bond motifs is 1. The number of amides is 1. The summed E-state index contributed by atoms with van der Waals surface area (Å²) in [6, 6.07) is 9.93. The Bertz CT molecular complexity index is 1010. The van der Waals surface area contributed by atoms with Gasteiger partial charge in [0.2, 0.25) is 10.0 Å². The first-order chi connectivity index (χ1) is 13.9. The van der Waals surface area contributed by atoms with Gasteiger partial charge in [-0.25, -0.2) is 13.1 Å². The van der Waals surface area contributed by atoms with Gasteiger partial charge >= 0.3 is 0 Å². The number of nitrogens with one attached hydrogen (secondary N) is 1. The monoisotopic (exact) mass is 420 g/mol. The molecule has 0 radical (unpaired) electrons. The van der Waals surface area contributed by atoms with E-state index in [9.17, 15) is 13.2 Å². The first-order valence-corrected chi connectivity index (χ1v) is 10.7. The predicted octanol–water partition coefficient (Wildman–Crippen LogP) is 2.04. The van der Waals surface area contributed by atoms with Crippen LogP contribution in [-0.4, -0.2) is 53.1 Å². The number of sulfonamides is 1. The standard InChI is InChI=1S/C20H24N2O6S/c1-4-22(13-15-6-5-7-17-19(15)28-11-10-27-17)20(23)14-8-9-16(26-3)18(12-14)29(24,25)21-2/h5-9,12,21H,4,10-11,13H2,1-3H3. The summed E-state index contributed by atoms with van der Waals surface area (Å²) in [5, 5.41) is 0. The third kappa shape index (κ3) is 4.30. The average molecular weight is 420 g/mol. The topological polar surface area (TPSA) is 94.2 Å². The fraction of sp³-hybridized carbons (Fsp3) is 0.350. The quantitative estimate of drug-likeness (QED) is 0.737. The second-order valence-corrected chi connectivity index (χ2v) is 8.19. The number of methoxy groups -OCH3 is 1. The molecule has 9 heteroatoms. The molecule has 0 unspecified atom stereocenters. The Labute approximate surface area is 170 Å². The van der Waals surface area contributed by atoms with Crippen LogP contribution in [0.15, 0.2) is 41.3 Å². The maximum atomic E-state index is 13.1. The van der Waals surface area contributed by atoms with Gasteiger partial charge < -0.3 is 19.1 Å². The Morgan fingerprint density at radius 1 is 1.21 bits per heavy atom. The van der Waals surface area contributed by atoms with Crippen molar-refractivity contribution >= 4 is 15.9 Å². The van der Waals surface area contributed by atoms with Crippen LogP contribution in [0, 0.1) is 0 Å². The fourth-order valence-corrected chi connectivity index (χ4v) is 4.02. The van der Waals surface area contributed by atoms with Gasteiger partial charge in [-0.15, -0.1) is 0 Å². The molecule has 8 nitrogen and oxygen atoms in total. The van der Waals surface area contributed by atoms with Gasteiger partial charge in [-0.2, -0.15) is 0 Å². The van der Waals surface area contributed by atoms with Crippen LogP contribution in [0.3, 0.4) is 0 Å². The molecule has 0 fully saturated rings. The lowest BCUT2D eigenvalue weighted by Crippen LogP contribution is -2.31.